The number of hydrogen-bond donors (Lipinski definition) is 0. The first-order chi connectivity index (χ1) is 13.7. The van der Waals surface area contributed by atoms with E-state index in [0.29, 0.717) is 12.8 Å². The summed E-state index contributed by atoms with van der Waals surface area (Å²) in [7, 11) is -2.09. The summed E-state index contributed by atoms with van der Waals surface area (Å²) in [6.07, 6.45) is 7.45. The Labute approximate surface area is 170 Å². The number of esters is 1. The molecular formula is C19H24N4O5S. The molecule has 0 unspecified atom stereocenters. The molecule has 0 spiro atoms. The molecule has 2 aliphatic heterocycles. The third kappa shape index (κ3) is 4.19. The Morgan fingerprint density at radius 2 is 2.03 bits per heavy atom. The van der Waals surface area contributed by atoms with Crippen molar-refractivity contribution < 1.29 is 22.7 Å². The van der Waals surface area contributed by atoms with Gasteiger partial charge in [-0.15, -0.1) is 4.40 Å². The maximum atomic E-state index is 12.8. The number of rotatable bonds is 4. The first-order valence-electron chi connectivity index (χ1n) is 9.57. The van der Waals surface area contributed by atoms with Crippen LogP contribution in [-0.2, 0) is 24.3 Å². The molecule has 0 aromatic heterocycles. The first-order valence-corrected chi connectivity index (χ1v) is 11.2. The van der Waals surface area contributed by atoms with Gasteiger partial charge >= 0.3 is 5.97 Å². The van der Waals surface area contributed by atoms with Gasteiger partial charge in [-0.1, -0.05) is 19.3 Å². The smallest absolute Gasteiger partial charge is 0.342 e. The van der Waals surface area contributed by atoms with Crippen LogP contribution in [0.1, 0.15) is 39.0 Å². The van der Waals surface area contributed by atoms with Gasteiger partial charge < -0.3 is 14.5 Å². The minimum Gasteiger partial charge on any atom is -0.449 e. The summed E-state index contributed by atoms with van der Waals surface area (Å²) in [5, 5.41) is 9.66. The largest absolute Gasteiger partial charge is 0.449 e. The summed E-state index contributed by atoms with van der Waals surface area (Å²) in [6.45, 7) is 1.63. The van der Waals surface area contributed by atoms with E-state index in [2.05, 4.69) is 10.5 Å². The normalized spacial score (nSPS) is 23.0. The van der Waals surface area contributed by atoms with E-state index in [1.807, 2.05) is 0 Å². The molecule has 1 amide bonds. The lowest BCUT2D eigenvalue weighted by atomic mass is 9.81. The van der Waals surface area contributed by atoms with Gasteiger partial charge in [0.2, 0.25) is 0 Å². The fourth-order valence-electron chi connectivity index (χ4n) is 3.79. The summed E-state index contributed by atoms with van der Waals surface area (Å²) in [5.41, 5.74) is -0.910. The molecule has 0 aromatic carbocycles. The van der Waals surface area contributed by atoms with Gasteiger partial charge in [-0.05, 0) is 31.9 Å². The average Bonchev–Trinajstić information content (AvgIpc) is 2.71. The number of hydrogen-bond acceptors (Lipinski definition) is 7. The van der Waals surface area contributed by atoms with Gasteiger partial charge in [0.1, 0.15) is 11.1 Å². The van der Waals surface area contributed by atoms with Crippen LogP contribution < -0.4 is 0 Å². The number of amidine groups is 1. The van der Waals surface area contributed by atoms with E-state index >= 15 is 0 Å². The van der Waals surface area contributed by atoms with Crippen molar-refractivity contribution in [3.63, 3.8) is 0 Å². The second-order valence-corrected chi connectivity index (χ2v) is 9.22. The van der Waals surface area contributed by atoms with E-state index in [-0.39, 0.29) is 23.7 Å². The first kappa shape index (κ1) is 21.0. The van der Waals surface area contributed by atoms with E-state index in [9.17, 15) is 23.3 Å². The summed E-state index contributed by atoms with van der Waals surface area (Å²) in [4.78, 5) is 28.4. The fourth-order valence-corrected chi connectivity index (χ4v) is 4.78. The Hall–Kier alpha value is -2.67. The van der Waals surface area contributed by atoms with Gasteiger partial charge in [0.25, 0.3) is 15.9 Å². The van der Waals surface area contributed by atoms with E-state index in [0.717, 1.165) is 19.3 Å². The highest BCUT2D eigenvalue weighted by Gasteiger charge is 2.41. The number of carbonyl (C=O) groups excluding carboxylic acids is 2. The highest BCUT2D eigenvalue weighted by molar-refractivity contribution is 7.90. The van der Waals surface area contributed by atoms with Crippen molar-refractivity contribution in [2.24, 2.45) is 4.40 Å². The number of sulfonamides is 1. The summed E-state index contributed by atoms with van der Waals surface area (Å²) in [6, 6.07) is 2.27. The van der Waals surface area contributed by atoms with Crippen LogP contribution in [0.25, 0.3) is 0 Å². The number of fused-ring (bicyclic) bond motifs is 1. The molecule has 1 atom stereocenters. The Morgan fingerprint density at radius 3 is 2.69 bits per heavy atom. The van der Waals surface area contributed by atoms with E-state index in [1.165, 1.54) is 17.9 Å². The Balaban J connectivity index is 1.74. The molecule has 9 nitrogen and oxygen atoms in total. The predicted molar refractivity (Wildman–Crippen MR) is 105 cm³/mol. The number of ether oxygens (including phenoxy) is 1. The highest BCUT2D eigenvalue weighted by atomic mass is 32.2. The number of amides is 1. The highest BCUT2D eigenvalue weighted by Crippen LogP contribution is 2.33. The van der Waals surface area contributed by atoms with Crippen LogP contribution >= 0.6 is 0 Å². The summed E-state index contributed by atoms with van der Waals surface area (Å²) < 4.78 is 32.7. The SMILES string of the molecule is C[C@@H](OC(=O)C1=CC=CN2CCS(=O)(=O)N=C12)C(=O)N(C)C1(C#N)CCCCC1. The van der Waals surface area contributed by atoms with Gasteiger partial charge in [-0.25, -0.2) is 13.2 Å². The van der Waals surface area contributed by atoms with Gasteiger partial charge in [-0.2, -0.15) is 5.26 Å². The van der Waals surface area contributed by atoms with Gasteiger partial charge in [0.15, 0.2) is 11.9 Å². The van der Waals surface area contributed by atoms with Crippen molar-refractivity contribution in [2.75, 3.05) is 19.3 Å². The average molecular weight is 420 g/mol. The van der Waals surface area contributed by atoms with Crippen LogP contribution in [-0.4, -0.2) is 66.9 Å². The maximum absolute atomic E-state index is 12.8. The van der Waals surface area contributed by atoms with Crippen LogP contribution in [0.3, 0.4) is 0 Å². The number of nitrogens with zero attached hydrogens (tertiary/aromatic N) is 4. The van der Waals surface area contributed by atoms with E-state index in [4.69, 9.17) is 4.74 Å². The molecule has 1 fully saturated rings. The van der Waals surface area contributed by atoms with Crippen LogP contribution in [0.15, 0.2) is 28.3 Å². The lowest BCUT2D eigenvalue weighted by Crippen LogP contribution is -2.53. The van der Waals surface area contributed by atoms with Crippen molar-refractivity contribution in [3.8, 4) is 6.07 Å². The Bertz CT molecular complexity index is 938. The lowest BCUT2D eigenvalue weighted by molar-refractivity contribution is -0.157. The van der Waals surface area contributed by atoms with Crippen molar-refractivity contribution in [1.29, 1.82) is 5.26 Å². The van der Waals surface area contributed by atoms with E-state index in [1.54, 1.807) is 24.2 Å². The van der Waals surface area contributed by atoms with Crippen LogP contribution in [0.2, 0.25) is 0 Å². The standard InChI is InChI=1S/C19H24N4O5S/c1-14(17(24)22(2)19(13-20)8-4-3-5-9-19)28-18(25)15-7-6-10-23-11-12-29(26,27)21-16(15)23/h6-7,10,14H,3-5,8-9,11-12H2,1-2H3/t14-/m1/s1. The number of likely N-dealkylation sites (N-methyl/N-ethyl adjacent to an activating group) is 1. The molecule has 0 bridgehead atoms. The molecule has 1 saturated carbocycles. The second-order valence-electron chi connectivity index (χ2n) is 7.47. The quantitative estimate of drug-likeness (QED) is 0.625. The maximum Gasteiger partial charge on any atom is 0.342 e. The van der Waals surface area contributed by atoms with Gasteiger partial charge in [-0.3, -0.25) is 4.79 Å². The molecule has 10 heteroatoms. The zero-order valence-electron chi connectivity index (χ0n) is 16.5. The summed E-state index contributed by atoms with van der Waals surface area (Å²) >= 11 is 0. The minimum absolute atomic E-state index is 0.00229. The summed E-state index contributed by atoms with van der Waals surface area (Å²) in [5.74, 6) is -1.44. The Kier molecular flexibility index (Phi) is 5.80. The molecule has 29 heavy (non-hydrogen) atoms. The molecule has 3 aliphatic rings. The van der Waals surface area contributed by atoms with Gasteiger partial charge in [0.05, 0.1) is 11.8 Å². The molecule has 0 radical (unpaired) electrons. The molecule has 3 rings (SSSR count). The Morgan fingerprint density at radius 1 is 1.34 bits per heavy atom. The van der Waals surface area contributed by atoms with E-state index < -0.39 is 33.5 Å². The topological polar surface area (TPSA) is 120 Å². The second kappa shape index (κ2) is 7.99. The molecule has 0 N–H and O–H groups in total. The number of allylic oxidation sites excluding steroid dienone is 2. The zero-order valence-corrected chi connectivity index (χ0v) is 17.3. The molecule has 0 aromatic rings. The molecule has 1 aliphatic carbocycles. The fraction of sp³-hybridized carbons (Fsp3) is 0.579. The molecule has 0 saturated heterocycles. The monoisotopic (exact) mass is 420 g/mol. The van der Waals surface area contributed by atoms with Crippen LogP contribution in [0.5, 0.6) is 0 Å². The van der Waals surface area contributed by atoms with Crippen molar-refractivity contribution in [3.05, 3.63) is 23.9 Å². The predicted octanol–water partition coefficient (Wildman–Crippen LogP) is 1.10. The molecule has 156 valence electrons. The van der Waals surface area contributed by atoms with Crippen molar-refractivity contribution in [2.45, 2.75) is 50.7 Å². The lowest BCUT2D eigenvalue weighted by Gasteiger charge is -2.39. The molecule has 2 heterocycles. The van der Waals surface area contributed by atoms with Crippen LogP contribution in [0, 0.1) is 11.3 Å². The van der Waals surface area contributed by atoms with Crippen LogP contribution in [0.4, 0.5) is 0 Å². The van der Waals surface area contributed by atoms with Gasteiger partial charge in [0, 0.05) is 19.8 Å². The number of nitriles is 1. The third-order valence-electron chi connectivity index (χ3n) is 5.57. The minimum atomic E-state index is -3.65. The number of carbonyl (C=O) groups is 2. The van der Waals surface area contributed by atoms with Crippen molar-refractivity contribution in [1.82, 2.24) is 9.80 Å². The van der Waals surface area contributed by atoms with Crippen molar-refractivity contribution >= 4 is 27.7 Å². The zero-order chi connectivity index (χ0) is 21.2. The third-order valence-corrected chi connectivity index (χ3v) is 6.72. The molecular weight excluding hydrogens is 396 g/mol.